The van der Waals surface area contributed by atoms with E-state index >= 15 is 0 Å². The van der Waals surface area contributed by atoms with Crippen LogP contribution in [0.4, 0.5) is 4.79 Å². The van der Waals surface area contributed by atoms with E-state index in [1.807, 2.05) is 38.2 Å². The molecule has 0 bridgehead atoms. The lowest BCUT2D eigenvalue weighted by Gasteiger charge is -2.13. The van der Waals surface area contributed by atoms with Gasteiger partial charge in [0.1, 0.15) is 0 Å². The standard InChI is InChI=1S/C22H17N3O2S/c1-14-18(17-9-5-6-10-19(17)24(14)2)11-20-21(26)25(22(27)28-20)13-16-8-4-3-7-15(16)12-23/h3-11H,13H2,1-2H3/b20-11+. The Hall–Kier alpha value is -3.30. The maximum absolute atomic E-state index is 12.9. The highest BCUT2D eigenvalue weighted by molar-refractivity contribution is 8.18. The van der Waals surface area contributed by atoms with Gasteiger partial charge in [-0.3, -0.25) is 14.5 Å². The Morgan fingerprint density at radius 1 is 1.11 bits per heavy atom. The van der Waals surface area contributed by atoms with E-state index in [2.05, 4.69) is 10.6 Å². The monoisotopic (exact) mass is 387 g/mol. The number of carbonyl (C=O) groups excluding carboxylic acids is 2. The van der Waals surface area contributed by atoms with Crippen molar-refractivity contribution in [2.75, 3.05) is 0 Å². The Labute approximate surface area is 166 Å². The van der Waals surface area contributed by atoms with Crippen LogP contribution in [0, 0.1) is 18.3 Å². The molecule has 2 heterocycles. The smallest absolute Gasteiger partial charge is 0.293 e. The third-order valence-electron chi connectivity index (χ3n) is 5.06. The first-order valence-electron chi connectivity index (χ1n) is 8.78. The zero-order valence-electron chi connectivity index (χ0n) is 15.5. The Morgan fingerprint density at radius 2 is 1.82 bits per heavy atom. The average molecular weight is 387 g/mol. The van der Waals surface area contributed by atoms with Gasteiger partial charge in [-0.1, -0.05) is 36.4 Å². The second-order valence-electron chi connectivity index (χ2n) is 6.61. The number of rotatable bonds is 3. The summed E-state index contributed by atoms with van der Waals surface area (Å²) in [6, 6.07) is 17.1. The lowest BCUT2D eigenvalue weighted by molar-refractivity contribution is -0.123. The van der Waals surface area contributed by atoms with E-state index < -0.39 is 0 Å². The summed E-state index contributed by atoms with van der Waals surface area (Å²) in [6.45, 7) is 2.10. The molecule has 0 spiro atoms. The van der Waals surface area contributed by atoms with Gasteiger partial charge in [0, 0.05) is 29.2 Å². The number of para-hydroxylation sites is 1. The van der Waals surface area contributed by atoms with Crippen molar-refractivity contribution >= 4 is 39.9 Å². The summed E-state index contributed by atoms with van der Waals surface area (Å²) in [6.07, 6.45) is 1.80. The Morgan fingerprint density at radius 3 is 2.61 bits per heavy atom. The summed E-state index contributed by atoms with van der Waals surface area (Å²) in [4.78, 5) is 27.0. The van der Waals surface area contributed by atoms with E-state index in [0.29, 0.717) is 16.0 Å². The topological polar surface area (TPSA) is 66.1 Å². The van der Waals surface area contributed by atoms with Gasteiger partial charge < -0.3 is 4.57 Å². The zero-order chi connectivity index (χ0) is 19.8. The zero-order valence-corrected chi connectivity index (χ0v) is 16.3. The van der Waals surface area contributed by atoms with Crippen LogP contribution < -0.4 is 0 Å². The van der Waals surface area contributed by atoms with Crippen molar-refractivity contribution in [1.82, 2.24) is 9.47 Å². The number of hydrogen-bond donors (Lipinski definition) is 0. The summed E-state index contributed by atoms with van der Waals surface area (Å²) in [7, 11) is 1.99. The molecule has 1 fully saturated rings. The SMILES string of the molecule is Cc1c(/C=C2/SC(=O)N(Cc3ccccc3C#N)C2=O)c2ccccc2n1C. The van der Waals surface area contributed by atoms with Crippen LogP contribution in [0.5, 0.6) is 0 Å². The molecule has 0 saturated carbocycles. The summed E-state index contributed by atoms with van der Waals surface area (Å²) < 4.78 is 2.08. The van der Waals surface area contributed by atoms with Crippen molar-refractivity contribution in [2.24, 2.45) is 7.05 Å². The molecule has 0 N–H and O–H groups in total. The number of aryl methyl sites for hydroxylation is 1. The predicted octanol–water partition coefficient (Wildman–Crippen LogP) is 4.59. The highest BCUT2D eigenvalue weighted by atomic mass is 32.2. The van der Waals surface area contributed by atoms with Crippen LogP contribution in [0.2, 0.25) is 0 Å². The highest BCUT2D eigenvalue weighted by Gasteiger charge is 2.35. The molecule has 1 saturated heterocycles. The highest BCUT2D eigenvalue weighted by Crippen LogP contribution is 2.36. The fraction of sp³-hybridized carbons (Fsp3) is 0.136. The fourth-order valence-electron chi connectivity index (χ4n) is 3.44. The lowest BCUT2D eigenvalue weighted by atomic mass is 10.1. The van der Waals surface area contributed by atoms with E-state index in [-0.39, 0.29) is 17.7 Å². The number of amides is 2. The van der Waals surface area contributed by atoms with Crippen molar-refractivity contribution in [3.8, 4) is 6.07 Å². The molecule has 138 valence electrons. The molecule has 1 aromatic heterocycles. The van der Waals surface area contributed by atoms with Gasteiger partial charge in [0.15, 0.2) is 0 Å². The molecule has 0 atom stereocenters. The van der Waals surface area contributed by atoms with E-state index in [9.17, 15) is 14.9 Å². The number of hydrogen-bond acceptors (Lipinski definition) is 4. The van der Waals surface area contributed by atoms with Gasteiger partial charge in [-0.15, -0.1) is 0 Å². The van der Waals surface area contributed by atoms with Gasteiger partial charge in [0.05, 0.1) is 23.1 Å². The molecule has 0 unspecified atom stereocenters. The quantitative estimate of drug-likeness (QED) is 0.616. The summed E-state index contributed by atoms with van der Waals surface area (Å²) >= 11 is 0.942. The summed E-state index contributed by atoms with van der Waals surface area (Å²) in [5.74, 6) is -0.324. The van der Waals surface area contributed by atoms with Crippen molar-refractivity contribution in [3.05, 3.63) is 75.8 Å². The van der Waals surface area contributed by atoms with Crippen molar-refractivity contribution < 1.29 is 9.59 Å². The van der Waals surface area contributed by atoms with Crippen LogP contribution in [0.15, 0.2) is 53.4 Å². The molecule has 2 aromatic carbocycles. The first kappa shape index (κ1) is 18.1. The minimum Gasteiger partial charge on any atom is -0.347 e. The Balaban J connectivity index is 1.70. The van der Waals surface area contributed by atoms with Gasteiger partial charge in [-0.25, -0.2) is 0 Å². The predicted molar refractivity (Wildman–Crippen MR) is 110 cm³/mol. The molecular formula is C22H17N3O2S. The largest absolute Gasteiger partial charge is 0.347 e. The number of thioether (sulfide) groups is 1. The number of nitrogens with zero attached hydrogens (tertiary/aromatic N) is 3. The van der Waals surface area contributed by atoms with E-state index in [4.69, 9.17) is 0 Å². The van der Waals surface area contributed by atoms with Gasteiger partial charge >= 0.3 is 0 Å². The number of aromatic nitrogens is 1. The van der Waals surface area contributed by atoms with Gasteiger partial charge in [-0.2, -0.15) is 5.26 Å². The average Bonchev–Trinajstić information content (AvgIpc) is 3.11. The molecule has 3 aromatic rings. The summed E-state index contributed by atoms with van der Waals surface area (Å²) in [5, 5.41) is 9.97. The maximum atomic E-state index is 12.9. The molecule has 1 aliphatic heterocycles. The Bertz CT molecular complexity index is 1200. The molecule has 2 amide bonds. The molecule has 6 heteroatoms. The lowest BCUT2D eigenvalue weighted by Crippen LogP contribution is -2.27. The second kappa shape index (κ2) is 7.02. The van der Waals surface area contributed by atoms with Crippen LogP contribution in [0.1, 0.15) is 22.4 Å². The third-order valence-corrected chi connectivity index (χ3v) is 5.97. The third kappa shape index (κ3) is 2.90. The fourth-order valence-corrected chi connectivity index (χ4v) is 4.26. The minimum atomic E-state index is -0.324. The van der Waals surface area contributed by atoms with Crippen LogP contribution in [0.25, 0.3) is 17.0 Å². The maximum Gasteiger partial charge on any atom is 0.293 e. The normalized spacial score (nSPS) is 15.6. The molecule has 28 heavy (non-hydrogen) atoms. The number of imide groups is 1. The van der Waals surface area contributed by atoms with Crippen LogP contribution in [-0.4, -0.2) is 20.6 Å². The van der Waals surface area contributed by atoms with Gasteiger partial charge in [-0.05, 0) is 42.5 Å². The van der Waals surface area contributed by atoms with Gasteiger partial charge in [0.2, 0.25) is 0 Å². The Kier molecular flexibility index (Phi) is 4.54. The first-order valence-corrected chi connectivity index (χ1v) is 9.60. The van der Waals surface area contributed by atoms with Gasteiger partial charge in [0.25, 0.3) is 11.1 Å². The molecule has 1 aliphatic rings. The molecule has 0 aliphatic carbocycles. The molecular weight excluding hydrogens is 370 g/mol. The molecule has 4 rings (SSSR count). The van der Waals surface area contributed by atoms with Crippen LogP contribution in [0.3, 0.4) is 0 Å². The number of benzene rings is 2. The van der Waals surface area contributed by atoms with Crippen molar-refractivity contribution in [1.29, 1.82) is 5.26 Å². The first-order chi connectivity index (χ1) is 13.5. The number of carbonyl (C=O) groups is 2. The molecule has 5 nitrogen and oxygen atoms in total. The second-order valence-corrected chi connectivity index (χ2v) is 7.61. The minimum absolute atomic E-state index is 0.0975. The van der Waals surface area contributed by atoms with Crippen LogP contribution >= 0.6 is 11.8 Å². The van der Waals surface area contributed by atoms with E-state index in [1.54, 1.807) is 30.3 Å². The number of nitriles is 1. The van der Waals surface area contributed by atoms with E-state index in [0.717, 1.165) is 33.9 Å². The summed E-state index contributed by atoms with van der Waals surface area (Å²) in [5.41, 5.74) is 4.18. The van der Waals surface area contributed by atoms with Crippen molar-refractivity contribution in [3.63, 3.8) is 0 Å². The van der Waals surface area contributed by atoms with Crippen molar-refractivity contribution in [2.45, 2.75) is 13.5 Å². The van der Waals surface area contributed by atoms with Crippen LogP contribution in [-0.2, 0) is 18.4 Å². The molecule has 0 radical (unpaired) electrons. The van der Waals surface area contributed by atoms with E-state index in [1.165, 1.54) is 4.90 Å². The number of fused-ring (bicyclic) bond motifs is 1.